The number of primary sulfonamides is 1. The molecule has 1 heterocycles. The normalized spacial score (nSPS) is 11.3. The Morgan fingerprint density at radius 2 is 1.81 bits per heavy atom. The van der Waals surface area contributed by atoms with Crippen LogP contribution in [0.25, 0.3) is 5.69 Å². The minimum Gasteiger partial charge on any atom is -0.352 e. The van der Waals surface area contributed by atoms with Gasteiger partial charge in [-0.2, -0.15) is 5.10 Å². The first-order chi connectivity index (χ1) is 12.4. The van der Waals surface area contributed by atoms with Gasteiger partial charge in [-0.1, -0.05) is 24.3 Å². The number of hydrogen-bond acceptors (Lipinski definition) is 4. The van der Waals surface area contributed by atoms with Crippen molar-refractivity contribution in [2.24, 2.45) is 5.14 Å². The Bertz CT molecular complexity index is 997. The number of nitrogens with two attached hydrogens (primary N) is 1. The Labute approximate surface area is 151 Å². The monoisotopic (exact) mass is 370 g/mol. The van der Waals surface area contributed by atoms with Gasteiger partial charge < -0.3 is 5.32 Å². The van der Waals surface area contributed by atoms with Gasteiger partial charge in [0, 0.05) is 18.9 Å². The van der Waals surface area contributed by atoms with Crippen molar-refractivity contribution in [1.82, 2.24) is 15.1 Å². The van der Waals surface area contributed by atoms with E-state index < -0.39 is 10.0 Å². The molecule has 0 unspecified atom stereocenters. The second-order valence-electron chi connectivity index (χ2n) is 5.66. The smallest absolute Gasteiger partial charge is 0.253 e. The van der Waals surface area contributed by atoms with Gasteiger partial charge in [0.15, 0.2) is 0 Å². The van der Waals surface area contributed by atoms with Gasteiger partial charge in [0.05, 0.1) is 16.1 Å². The maximum Gasteiger partial charge on any atom is 0.253 e. The van der Waals surface area contributed by atoms with Crippen molar-refractivity contribution in [1.29, 1.82) is 0 Å². The number of benzene rings is 2. The quantitative estimate of drug-likeness (QED) is 0.685. The van der Waals surface area contributed by atoms with Crippen LogP contribution in [-0.4, -0.2) is 30.7 Å². The zero-order valence-electron chi connectivity index (χ0n) is 13.9. The van der Waals surface area contributed by atoms with E-state index in [2.05, 4.69) is 10.4 Å². The highest BCUT2D eigenvalue weighted by atomic mass is 32.2. The second-order valence-corrected chi connectivity index (χ2v) is 7.22. The fourth-order valence-electron chi connectivity index (χ4n) is 2.54. The Balaban J connectivity index is 1.63. The summed E-state index contributed by atoms with van der Waals surface area (Å²) in [5.41, 5.74) is 2.13. The third-order valence-corrected chi connectivity index (χ3v) is 4.78. The van der Waals surface area contributed by atoms with Crippen molar-refractivity contribution in [3.63, 3.8) is 0 Å². The molecule has 0 aliphatic heterocycles. The lowest BCUT2D eigenvalue weighted by molar-refractivity contribution is 0.0954. The number of amides is 1. The average Bonchev–Trinajstić information content (AvgIpc) is 3.16. The zero-order chi connectivity index (χ0) is 18.6. The summed E-state index contributed by atoms with van der Waals surface area (Å²) in [6, 6.07) is 15.3. The number of carbonyl (C=O) groups is 1. The van der Waals surface area contributed by atoms with Gasteiger partial charge in [0.2, 0.25) is 10.0 Å². The van der Waals surface area contributed by atoms with Crippen LogP contribution in [-0.2, 0) is 16.4 Å². The first kappa shape index (κ1) is 17.8. The van der Waals surface area contributed by atoms with Crippen LogP contribution in [0.5, 0.6) is 0 Å². The first-order valence-corrected chi connectivity index (χ1v) is 9.49. The Hall–Kier alpha value is -2.97. The number of carbonyl (C=O) groups excluding carboxylic acids is 1. The standard InChI is InChI=1S/C18H18N4O3S/c19-26(24,25)15-8-6-14(7-9-15)10-12-20-18(23)16-4-1-2-5-17(16)22-13-3-11-21-22/h1-9,11,13H,10,12H2,(H,20,23)(H2,19,24,25). The number of sulfonamides is 1. The van der Waals surface area contributed by atoms with E-state index in [0.29, 0.717) is 24.2 Å². The van der Waals surface area contributed by atoms with Gasteiger partial charge in [-0.15, -0.1) is 0 Å². The third-order valence-electron chi connectivity index (χ3n) is 3.85. The summed E-state index contributed by atoms with van der Waals surface area (Å²) in [4.78, 5) is 12.6. The van der Waals surface area contributed by atoms with Crippen LogP contribution < -0.4 is 10.5 Å². The second kappa shape index (κ2) is 7.51. The predicted octanol–water partition coefficient (Wildman–Crippen LogP) is 1.49. The van der Waals surface area contributed by atoms with Crippen LogP contribution in [0.4, 0.5) is 0 Å². The molecule has 1 aromatic heterocycles. The largest absolute Gasteiger partial charge is 0.352 e. The summed E-state index contributed by atoms with van der Waals surface area (Å²) in [6.45, 7) is 0.418. The molecular weight excluding hydrogens is 352 g/mol. The summed E-state index contributed by atoms with van der Waals surface area (Å²) in [6.07, 6.45) is 4.00. The van der Waals surface area contributed by atoms with Gasteiger partial charge in [0.1, 0.15) is 0 Å². The number of rotatable bonds is 6. The number of para-hydroxylation sites is 1. The van der Waals surface area contributed by atoms with E-state index in [4.69, 9.17) is 5.14 Å². The molecule has 7 nitrogen and oxygen atoms in total. The lowest BCUT2D eigenvalue weighted by atomic mass is 10.1. The van der Waals surface area contributed by atoms with E-state index in [0.717, 1.165) is 5.56 Å². The molecule has 1 amide bonds. The van der Waals surface area contributed by atoms with Gasteiger partial charge in [-0.3, -0.25) is 4.79 Å². The Morgan fingerprint density at radius 1 is 1.08 bits per heavy atom. The summed E-state index contributed by atoms with van der Waals surface area (Å²) in [5, 5.41) is 12.1. The first-order valence-electron chi connectivity index (χ1n) is 7.94. The van der Waals surface area contributed by atoms with Crippen molar-refractivity contribution in [3.05, 3.63) is 78.1 Å². The van der Waals surface area contributed by atoms with Crippen molar-refractivity contribution >= 4 is 15.9 Å². The molecule has 0 aliphatic rings. The highest BCUT2D eigenvalue weighted by molar-refractivity contribution is 7.89. The van der Waals surface area contributed by atoms with Gasteiger partial charge in [0.25, 0.3) is 5.91 Å². The van der Waals surface area contributed by atoms with E-state index in [-0.39, 0.29) is 10.8 Å². The number of aromatic nitrogens is 2. The SMILES string of the molecule is NS(=O)(=O)c1ccc(CCNC(=O)c2ccccc2-n2cccn2)cc1. The van der Waals surface area contributed by atoms with Crippen LogP contribution in [0.3, 0.4) is 0 Å². The highest BCUT2D eigenvalue weighted by Gasteiger charge is 2.12. The molecule has 0 atom stereocenters. The van der Waals surface area contributed by atoms with E-state index in [1.54, 1.807) is 47.4 Å². The van der Waals surface area contributed by atoms with Gasteiger partial charge in [-0.05, 0) is 42.3 Å². The summed E-state index contributed by atoms with van der Waals surface area (Å²) in [7, 11) is -3.69. The predicted molar refractivity (Wildman–Crippen MR) is 97.4 cm³/mol. The molecule has 3 aromatic rings. The van der Waals surface area contributed by atoms with Crippen LogP contribution in [0.2, 0.25) is 0 Å². The summed E-state index contributed by atoms with van der Waals surface area (Å²) < 4.78 is 24.1. The summed E-state index contributed by atoms with van der Waals surface area (Å²) in [5.74, 6) is -0.197. The minimum atomic E-state index is -3.69. The highest BCUT2D eigenvalue weighted by Crippen LogP contribution is 2.13. The molecule has 0 radical (unpaired) electrons. The molecule has 0 bridgehead atoms. The van der Waals surface area contributed by atoms with E-state index >= 15 is 0 Å². The van der Waals surface area contributed by atoms with Crippen LogP contribution >= 0.6 is 0 Å². The minimum absolute atomic E-state index is 0.0680. The fourth-order valence-corrected chi connectivity index (χ4v) is 3.05. The molecule has 8 heteroatoms. The van der Waals surface area contributed by atoms with Crippen LogP contribution in [0.1, 0.15) is 15.9 Å². The molecule has 0 saturated carbocycles. The molecule has 26 heavy (non-hydrogen) atoms. The van der Waals surface area contributed by atoms with Crippen molar-refractivity contribution in [3.8, 4) is 5.69 Å². The average molecular weight is 370 g/mol. The lowest BCUT2D eigenvalue weighted by Crippen LogP contribution is -2.27. The van der Waals surface area contributed by atoms with E-state index in [1.165, 1.54) is 12.1 Å². The molecule has 0 spiro atoms. The maximum atomic E-state index is 12.5. The molecule has 3 rings (SSSR count). The van der Waals surface area contributed by atoms with Crippen LogP contribution in [0, 0.1) is 0 Å². The number of hydrogen-bond donors (Lipinski definition) is 2. The lowest BCUT2D eigenvalue weighted by Gasteiger charge is -2.10. The Morgan fingerprint density at radius 3 is 2.46 bits per heavy atom. The number of nitrogens with one attached hydrogen (secondary N) is 1. The molecule has 0 aliphatic carbocycles. The van der Waals surface area contributed by atoms with Gasteiger partial charge >= 0.3 is 0 Å². The van der Waals surface area contributed by atoms with Crippen molar-refractivity contribution < 1.29 is 13.2 Å². The molecule has 134 valence electrons. The molecule has 0 fully saturated rings. The molecular formula is C18H18N4O3S. The molecule has 2 aromatic carbocycles. The van der Waals surface area contributed by atoms with Gasteiger partial charge in [-0.25, -0.2) is 18.2 Å². The zero-order valence-corrected chi connectivity index (χ0v) is 14.7. The van der Waals surface area contributed by atoms with E-state index in [1.807, 2.05) is 12.1 Å². The summed E-state index contributed by atoms with van der Waals surface area (Å²) >= 11 is 0. The fraction of sp³-hybridized carbons (Fsp3) is 0.111. The van der Waals surface area contributed by atoms with Crippen molar-refractivity contribution in [2.45, 2.75) is 11.3 Å². The van der Waals surface area contributed by atoms with E-state index in [9.17, 15) is 13.2 Å². The van der Waals surface area contributed by atoms with Crippen molar-refractivity contribution in [2.75, 3.05) is 6.54 Å². The van der Waals surface area contributed by atoms with Crippen LogP contribution in [0.15, 0.2) is 71.9 Å². The Kier molecular flexibility index (Phi) is 5.15. The molecule has 3 N–H and O–H groups in total. The maximum absolute atomic E-state index is 12.5. The third kappa shape index (κ3) is 4.16. The molecule has 0 saturated heterocycles. The topological polar surface area (TPSA) is 107 Å². The number of nitrogens with zero attached hydrogens (tertiary/aromatic N) is 2.